The SMILES string of the molecule is FC(F)(F)c1ccc2c(c1)N(CCCN1CCN(CCOC(=S)C(Cl)(CCl)Cc3cccc4ccccc34)CC1)c1ccccc1S2. The number of para-hydroxylation sites is 1. The Balaban J connectivity index is 0.973. The number of fused-ring (bicyclic) bond motifs is 3. The summed E-state index contributed by atoms with van der Waals surface area (Å²) in [6.07, 6.45) is -3.07. The first-order chi connectivity index (χ1) is 22.6. The van der Waals surface area contributed by atoms with Crippen LogP contribution >= 0.6 is 47.2 Å². The molecule has 248 valence electrons. The quantitative estimate of drug-likeness (QED) is 0.113. The van der Waals surface area contributed by atoms with Gasteiger partial charge in [-0.1, -0.05) is 66.4 Å². The minimum Gasteiger partial charge on any atom is -0.484 e. The summed E-state index contributed by atoms with van der Waals surface area (Å²) >= 11 is 20.5. The van der Waals surface area contributed by atoms with E-state index in [-0.39, 0.29) is 5.88 Å². The molecule has 2 aliphatic heterocycles. The first-order valence-electron chi connectivity index (χ1n) is 15.7. The molecule has 2 aliphatic rings. The molecule has 0 aromatic heterocycles. The number of piperazine rings is 1. The van der Waals surface area contributed by atoms with Gasteiger partial charge in [0.2, 0.25) is 0 Å². The number of hydrogen-bond acceptors (Lipinski definition) is 6. The summed E-state index contributed by atoms with van der Waals surface area (Å²) in [7, 11) is 0. The van der Waals surface area contributed by atoms with Gasteiger partial charge in [-0.25, -0.2) is 0 Å². The highest BCUT2D eigenvalue weighted by Gasteiger charge is 2.35. The van der Waals surface area contributed by atoms with Gasteiger partial charge >= 0.3 is 6.18 Å². The van der Waals surface area contributed by atoms with Crippen molar-refractivity contribution in [3.8, 4) is 0 Å². The molecule has 1 saturated heterocycles. The average molecular weight is 719 g/mol. The summed E-state index contributed by atoms with van der Waals surface area (Å²) in [4.78, 5) is 7.74. The van der Waals surface area contributed by atoms with Crippen LogP contribution in [0.5, 0.6) is 0 Å². The topological polar surface area (TPSA) is 19.0 Å². The first-order valence-corrected chi connectivity index (χ1v) is 17.9. The molecule has 0 amide bonds. The van der Waals surface area contributed by atoms with E-state index in [2.05, 4.69) is 34.1 Å². The van der Waals surface area contributed by atoms with E-state index in [1.807, 2.05) is 47.4 Å². The molecule has 0 saturated carbocycles. The van der Waals surface area contributed by atoms with E-state index < -0.39 is 16.6 Å². The molecule has 2 heterocycles. The Bertz CT molecular complexity index is 1710. The fourth-order valence-corrected chi connectivity index (χ4v) is 8.05. The smallest absolute Gasteiger partial charge is 0.416 e. The molecule has 6 rings (SSSR count). The molecule has 0 radical (unpaired) electrons. The standard InChI is InChI=1S/C36H36Cl2F3N3OS2/c37-25-35(38,24-27-9-5-8-26-7-1-2-10-29(26)27)34(46)45-22-21-43-19-17-42(18-20-43)15-6-16-44-30-11-3-4-12-32(30)47-33-14-13-28(23-31(33)44)36(39,40)41/h1-5,7-14,23H,6,15-22,24-25H2. The second-order valence-corrected chi connectivity index (χ2v) is 14.4. The lowest BCUT2D eigenvalue weighted by atomic mass is 9.95. The van der Waals surface area contributed by atoms with E-state index in [0.29, 0.717) is 30.3 Å². The molecule has 47 heavy (non-hydrogen) atoms. The Morgan fingerprint density at radius 2 is 1.49 bits per heavy atom. The van der Waals surface area contributed by atoms with Crippen molar-refractivity contribution in [2.75, 3.05) is 63.2 Å². The fourth-order valence-electron chi connectivity index (χ4n) is 6.25. The Labute approximate surface area is 293 Å². The summed E-state index contributed by atoms with van der Waals surface area (Å²) in [6.45, 7) is 6.29. The van der Waals surface area contributed by atoms with Crippen LogP contribution in [0.3, 0.4) is 0 Å². The third kappa shape index (κ3) is 8.03. The summed E-state index contributed by atoms with van der Waals surface area (Å²) in [6, 6.07) is 26.3. The molecule has 0 aliphatic carbocycles. The van der Waals surface area contributed by atoms with Crippen LogP contribution in [0, 0.1) is 0 Å². The highest BCUT2D eigenvalue weighted by atomic mass is 35.5. The van der Waals surface area contributed by atoms with Crippen LogP contribution in [0.25, 0.3) is 10.8 Å². The van der Waals surface area contributed by atoms with Gasteiger partial charge in [0, 0.05) is 55.5 Å². The molecule has 4 nitrogen and oxygen atoms in total. The van der Waals surface area contributed by atoms with Gasteiger partial charge < -0.3 is 14.5 Å². The predicted octanol–water partition coefficient (Wildman–Crippen LogP) is 9.27. The molecule has 1 fully saturated rings. The van der Waals surface area contributed by atoms with Crippen molar-refractivity contribution >= 4 is 74.4 Å². The summed E-state index contributed by atoms with van der Waals surface area (Å²) in [5, 5.41) is 2.60. The first kappa shape index (κ1) is 34.3. The number of hydrogen-bond donors (Lipinski definition) is 0. The number of rotatable bonds is 11. The monoisotopic (exact) mass is 717 g/mol. The second-order valence-electron chi connectivity index (χ2n) is 12.0. The van der Waals surface area contributed by atoms with Crippen molar-refractivity contribution in [2.24, 2.45) is 0 Å². The Morgan fingerprint density at radius 1 is 0.809 bits per heavy atom. The fraction of sp³-hybridized carbons (Fsp3) is 0.361. The number of nitrogens with zero attached hydrogens (tertiary/aromatic N) is 3. The second kappa shape index (κ2) is 14.9. The third-order valence-corrected chi connectivity index (χ3v) is 11.6. The van der Waals surface area contributed by atoms with Gasteiger partial charge in [-0.05, 0) is 71.9 Å². The highest BCUT2D eigenvalue weighted by molar-refractivity contribution is 7.99. The van der Waals surface area contributed by atoms with Crippen molar-refractivity contribution in [1.82, 2.24) is 9.80 Å². The van der Waals surface area contributed by atoms with Crippen molar-refractivity contribution in [2.45, 2.75) is 33.7 Å². The van der Waals surface area contributed by atoms with Crippen LogP contribution in [0.15, 0.2) is 94.7 Å². The number of thiocarbonyl (C=S) groups is 1. The van der Waals surface area contributed by atoms with Crippen LogP contribution in [-0.2, 0) is 17.3 Å². The minimum atomic E-state index is -4.38. The zero-order valence-corrected chi connectivity index (χ0v) is 29.0. The lowest BCUT2D eigenvalue weighted by Crippen LogP contribution is -2.48. The number of halogens is 5. The number of benzene rings is 4. The van der Waals surface area contributed by atoms with Crippen LogP contribution in [-0.4, -0.2) is 78.0 Å². The van der Waals surface area contributed by atoms with E-state index in [1.165, 1.54) is 23.9 Å². The number of alkyl halides is 5. The van der Waals surface area contributed by atoms with Gasteiger partial charge in [-0.2, -0.15) is 13.2 Å². The highest BCUT2D eigenvalue weighted by Crippen LogP contribution is 2.49. The van der Waals surface area contributed by atoms with Crippen LogP contribution in [0.1, 0.15) is 17.5 Å². The van der Waals surface area contributed by atoms with Crippen molar-refractivity contribution in [1.29, 1.82) is 0 Å². The predicted molar refractivity (Wildman–Crippen MR) is 192 cm³/mol. The van der Waals surface area contributed by atoms with E-state index in [0.717, 1.165) is 77.5 Å². The van der Waals surface area contributed by atoms with E-state index in [1.54, 1.807) is 6.07 Å². The normalized spacial score (nSPS) is 16.8. The molecule has 1 atom stereocenters. The van der Waals surface area contributed by atoms with Gasteiger partial charge in [-0.3, -0.25) is 4.90 Å². The van der Waals surface area contributed by atoms with E-state index in [4.69, 9.17) is 40.2 Å². The molecule has 0 bridgehead atoms. The van der Waals surface area contributed by atoms with Crippen molar-refractivity contribution in [3.63, 3.8) is 0 Å². The molecule has 0 N–H and O–H groups in total. The zero-order valence-electron chi connectivity index (χ0n) is 25.8. The third-order valence-electron chi connectivity index (χ3n) is 8.84. The van der Waals surface area contributed by atoms with Gasteiger partial charge in [0.15, 0.2) is 5.05 Å². The zero-order chi connectivity index (χ0) is 33.0. The maximum atomic E-state index is 13.6. The van der Waals surface area contributed by atoms with Gasteiger partial charge in [-0.15, -0.1) is 23.2 Å². The van der Waals surface area contributed by atoms with Gasteiger partial charge in [0.1, 0.15) is 11.5 Å². The maximum Gasteiger partial charge on any atom is 0.416 e. The minimum absolute atomic E-state index is 0.145. The van der Waals surface area contributed by atoms with E-state index in [9.17, 15) is 13.2 Å². The molecule has 0 spiro atoms. The number of anilines is 2. The maximum absolute atomic E-state index is 13.6. The molecular formula is C36H36Cl2F3N3OS2. The summed E-state index contributed by atoms with van der Waals surface area (Å²) in [5.41, 5.74) is 2.04. The van der Waals surface area contributed by atoms with Crippen molar-refractivity contribution < 1.29 is 17.9 Å². The van der Waals surface area contributed by atoms with Gasteiger partial charge in [0.25, 0.3) is 0 Å². The number of ether oxygens (including phenoxy) is 1. The van der Waals surface area contributed by atoms with Crippen molar-refractivity contribution in [3.05, 3.63) is 96.1 Å². The lowest BCUT2D eigenvalue weighted by Gasteiger charge is -2.36. The molecule has 11 heteroatoms. The van der Waals surface area contributed by atoms with E-state index >= 15 is 0 Å². The molecular weight excluding hydrogens is 682 g/mol. The molecule has 1 unspecified atom stereocenters. The summed E-state index contributed by atoms with van der Waals surface area (Å²) in [5.74, 6) is 0.145. The average Bonchev–Trinajstić information content (AvgIpc) is 3.08. The van der Waals surface area contributed by atoms with Crippen LogP contribution < -0.4 is 4.90 Å². The molecule has 4 aromatic rings. The Kier molecular flexibility index (Phi) is 10.9. The van der Waals surface area contributed by atoms with Crippen LogP contribution in [0.2, 0.25) is 0 Å². The van der Waals surface area contributed by atoms with Crippen LogP contribution in [0.4, 0.5) is 24.5 Å². The summed E-state index contributed by atoms with van der Waals surface area (Å²) < 4.78 is 46.7. The molecule has 4 aromatic carbocycles. The largest absolute Gasteiger partial charge is 0.484 e. The van der Waals surface area contributed by atoms with Gasteiger partial charge in [0.05, 0.1) is 22.8 Å². The lowest BCUT2D eigenvalue weighted by molar-refractivity contribution is -0.137. The Hall–Kier alpha value is -2.53. The Morgan fingerprint density at radius 3 is 2.26 bits per heavy atom.